The Kier molecular flexibility index (Phi) is 5.70. The van der Waals surface area contributed by atoms with Crippen molar-refractivity contribution in [2.45, 2.75) is 18.6 Å². The van der Waals surface area contributed by atoms with Crippen molar-refractivity contribution in [1.29, 1.82) is 0 Å². The monoisotopic (exact) mass is 473 g/mol. The summed E-state index contributed by atoms with van der Waals surface area (Å²) in [5.41, 5.74) is 5.74. The number of aromatic nitrogens is 3. The number of halogens is 1. The van der Waals surface area contributed by atoms with Crippen molar-refractivity contribution in [2.75, 3.05) is 0 Å². The van der Waals surface area contributed by atoms with Gasteiger partial charge in [-0.25, -0.2) is 9.78 Å². The van der Waals surface area contributed by atoms with Crippen LogP contribution in [0.4, 0.5) is 0 Å². The predicted molar refractivity (Wildman–Crippen MR) is 135 cm³/mol. The average molecular weight is 474 g/mol. The maximum Gasteiger partial charge on any atom is 0.342 e. The van der Waals surface area contributed by atoms with Crippen LogP contribution >= 0.6 is 23.4 Å². The molecule has 0 saturated heterocycles. The summed E-state index contributed by atoms with van der Waals surface area (Å²) >= 11 is 7.16. The third kappa shape index (κ3) is 4.27. The number of imidazole rings is 1. The molecule has 0 saturated carbocycles. The van der Waals surface area contributed by atoms with E-state index in [1.807, 2.05) is 73.7 Å². The number of aromatic amines is 1. The third-order valence-corrected chi connectivity index (χ3v) is 6.75. The summed E-state index contributed by atoms with van der Waals surface area (Å²) in [5, 5.41) is 12.2. The number of H-pyrrole nitrogens is 1. The number of para-hydroxylation sites is 3. The smallest absolute Gasteiger partial charge is 0.342 e. The van der Waals surface area contributed by atoms with Gasteiger partial charge in [-0.2, -0.15) is 0 Å². The van der Waals surface area contributed by atoms with Crippen molar-refractivity contribution >= 4 is 57.3 Å². The van der Waals surface area contributed by atoms with E-state index in [0.717, 1.165) is 50.5 Å². The quantitative estimate of drug-likeness (QED) is 0.211. The number of nitrogens with one attached hydrogen (secondary N) is 1. The summed E-state index contributed by atoms with van der Waals surface area (Å²) < 4.78 is 2.20. The molecule has 164 valence electrons. The number of nitrogens with zero attached hydrogens (tertiary/aromatic N) is 2. The summed E-state index contributed by atoms with van der Waals surface area (Å²) in [4.78, 5) is 20.1. The van der Waals surface area contributed by atoms with Gasteiger partial charge in [0.25, 0.3) is 0 Å². The lowest BCUT2D eigenvalue weighted by molar-refractivity contribution is -0.131. The fourth-order valence-corrected chi connectivity index (χ4v) is 4.87. The first-order chi connectivity index (χ1) is 16.0. The molecule has 0 amide bonds. The molecule has 2 aromatic heterocycles. The zero-order valence-electron chi connectivity index (χ0n) is 17.7. The number of benzene rings is 3. The normalized spacial score (nSPS) is 12.0. The number of fused-ring (bicyclic) bond motifs is 2. The van der Waals surface area contributed by atoms with E-state index in [1.165, 1.54) is 0 Å². The van der Waals surface area contributed by atoms with Crippen molar-refractivity contribution < 1.29 is 9.90 Å². The zero-order chi connectivity index (χ0) is 22.9. The molecule has 0 radical (unpaired) electrons. The van der Waals surface area contributed by atoms with Crippen LogP contribution < -0.4 is 0 Å². The van der Waals surface area contributed by atoms with Crippen LogP contribution in [0.3, 0.4) is 0 Å². The number of carboxylic acid groups (broad SMARTS) is 1. The number of hydrogen-bond donors (Lipinski definition) is 2. The first kappa shape index (κ1) is 21.4. The largest absolute Gasteiger partial charge is 0.477 e. The molecule has 33 heavy (non-hydrogen) atoms. The Labute approximate surface area is 199 Å². The molecule has 3 aromatic carbocycles. The minimum absolute atomic E-state index is 0.201. The molecule has 0 aliphatic carbocycles. The summed E-state index contributed by atoms with van der Waals surface area (Å²) in [6.45, 7) is 2.68. The van der Waals surface area contributed by atoms with Crippen LogP contribution in [0.2, 0.25) is 5.02 Å². The lowest BCUT2D eigenvalue weighted by atomic mass is 10.1. The van der Waals surface area contributed by atoms with Crippen LogP contribution in [0.1, 0.15) is 16.8 Å². The Balaban J connectivity index is 1.57. The molecule has 0 spiro atoms. The van der Waals surface area contributed by atoms with Gasteiger partial charge in [-0.15, -0.1) is 0 Å². The van der Waals surface area contributed by atoms with Gasteiger partial charge in [-0.05, 0) is 60.7 Å². The molecule has 0 bridgehead atoms. The van der Waals surface area contributed by atoms with Crippen LogP contribution in [0.5, 0.6) is 0 Å². The van der Waals surface area contributed by atoms with Crippen LogP contribution in [-0.4, -0.2) is 25.6 Å². The molecular formula is C26H20ClN3O2S. The van der Waals surface area contributed by atoms with Crippen molar-refractivity contribution in [3.05, 3.63) is 99.5 Å². The fourth-order valence-electron chi connectivity index (χ4n) is 3.96. The van der Waals surface area contributed by atoms with Gasteiger partial charge in [-0.1, -0.05) is 54.1 Å². The lowest BCUT2D eigenvalue weighted by Gasteiger charge is -2.09. The second-order valence-corrected chi connectivity index (χ2v) is 9.17. The van der Waals surface area contributed by atoms with E-state index in [2.05, 4.69) is 20.6 Å². The molecule has 0 aliphatic rings. The standard InChI is InChI=1S/C26H20ClN3O2S/c1-16-20(14-24(25(31)32)33-26-28-21-7-3-4-8-22(21)29-26)19-6-2-5-9-23(19)30(16)15-17-10-12-18(27)13-11-17/h2-14H,15H2,1H3,(H,28,29)(H,31,32)/b24-14-. The molecule has 0 unspecified atom stereocenters. The highest BCUT2D eigenvalue weighted by Crippen LogP contribution is 2.33. The van der Waals surface area contributed by atoms with Crippen molar-refractivity contribution in [2.24, 2.45) is 0 Å². The van der Waals surface area contributed by atoms with Gasteiger partial charge in [0, 0.05) is 33.7 Å². The fraction of sp³-hybridized carbons (Fsp3) is 0.0769. The van der Waals surface area contributed by atoms with Crippen molar-refractivity contribution in [3.8, 4) is 0 Å². The Morgan fingerprint density at radius 1 is 1.09 bits per heavy atom. The molecule has 0 atom stereocenters. The topological polar surface area (TPSA) is 70.9 Å². The molecule has 0 aliphatic heterocycles. The van der Waals surface area contributed by atoms with E-state index >= 15 is 0 Å². The number of rotatable bonds is 6. The van der Waals surface area contributed by atoms with Gasteiger partial charge in [0.1, 0.15) is 4.91 Å². The van der Waals surface area contributed by atoms with Gasteiger partial charge < -0.3 is 14.7 Å². The Bertz CT molecular complexity index is 1480. The molecular weight excluding hydrogens is 454 g/mol. The first-order valence-corrected chi connectivity index (χ1v) is 11.6. The van der Waals surface area contributed by atoms with Crippen molar-refractivity contribution in [3.63, 3.8) is 0 Å². The number of thioether (sulfide) groups is 1. The van der Waals surface area contributed by atoms with E-state index in [4.69, 9.17) is 11.6 Å². The Hall–Kier alpha value is -3.48. The maximum absolute atomic E-state index is 12.2. The van der Waals surface area contributed by atoms with Gasteiger partial charge in [0.2, 0.25) is 0 Å². The summed E-state index contributed by atoms with van der Waals surface area (Å²) in [6, 6.07) is 23.5. The minimum Gasteiger partial charge on any atom is -0.477 e. The van der Waals surface area contributed by atoms with Gasteiger partial charge >= 0.3 is 5.97 Å². The highest BCUT2D eigenvalue weighted by molar-refractivity contribution is 8.04. The van der Waals surface area contributed by atoms with Crippen molar-refractivity contribution in [1.82, 2.24) is 14.5 Å². The van der Waals surface area contributed by atoms with E-state index in [0.29, 0.717) is 16.7 Å². The maximum atomic E-state index is 12.2. The van der Waals surface area contributed by atoms with Gasteiger partial charge in [0.05, 0.1) is 11.0 Å². The molecule has 7 heteroatoms. The second kappa shape index (κ2) is 8.81. The first-order valence-electron chi connectivity index (χ1n) is 10.4. The summed E-state index contributed by atoms with van der Waals surface area (Å²) in [6.07, 6.45) is 1.75. The van der Waals surface area contributed by atoms with Gasteiger partial charge in [-0.3, -0.25) is 0 Å². The molecule has 5 nitrogen and oxygen atoms in total. The van der Waals surface area contributed by atoms with E-state index in [1.54, 1.807) is 6.08 Å². The van der Waals surface area contributed by atoms with Gasteiger partial charge in [0.15, 0.2) is 5.16 Å². The molecule has 5 rings (SSSR count). The predicted octanol–water partition coefficient (Wildman–Crippen LogP) is 6.75. The highest BCUT2D eigenvalue weighted by atomic mass is 35.5. The van der Waals surface area contributed by atoms with E-state index < -0.39 is 5.97 Å². The molecule has 2 N–H and O–H groups in total. The Morgan fingerprint density at radius 2 is 1.82 bits per heavy atom. The number of aliphatic carboxylic acids is 1. The van der Waals surface area contributed by atoms with E-state index in [9.17, 15) is 9.90 Å². The number of hydrogen-bond acceptors (Lipinski definition) is 3. The summed E-state index contributed by atoms with van der Waals surface area (Å²) in [7, 11) is 0. The third-order valence-electron chi connectivity index (χ3n) is 5.59. The molecule has 0 fully saturated rings. The molecule has 5 aromatic rings. The van der Waals surface area contributed by atoms with Crippen LogP contribution in [0.25, 0.3) is 28.0 Å². The SMILES string of the molecule is Cc1c(/C=C(\Sc2nc3ccccc3[nH]2)C(=O)O)c2ccccc2n1Cc1ccc(Cl)cc1. The highest BCUT2D eigenvalue weighted by Gasteiger charge is 2.18. The molecule has 2 heterocycles. The van der Waals surface area contributed by atoms with Crippen LogP contribution in [-0.2, 0) is 11.3 Å². The number of carboxylic acids is 1. The number of carbonyl (C=O) groups is 1. The summed E-state index contributed by atoms with van der Waals surface area (Å²) in [5.74, 6) is -0.991. The average Bonchev–Trinajstić information content (AvgIpc) is 3.34. The Morgan fingerprint density at radius 3 is 2.58 bits per heavy atom. The van der Waals surface area contributed by atoms with E-state index in [-0.39, 0.29) is 4.91 Å². The second-order valence-electron chi connectivity index (χ2n) is 7.70. The van der Waals surface area contributed by atoms with Crippen LogP contribution in [0.15, 0.2) is 82.9 Å². The minimum atomic E-state index is -0.991. The van der Waals surface area contributed by atoms with Crippen LogP contribution in [0, 0.1) is 6.92 Å². The lowest BCUT2D eigenvalue weighted by Crippen LogP contribution is -2.02. The zero-order valence-corrected chi connectivity index (χ0v) is 19.3.